The van der Waals surface area contributed by atoms with E-state index in [2.05, 4.69) is 49.9 Å². The summed E-state index contributed by atoms with van der Waals surface area (Å²) in [7, 11) is 0. The molecule has 0 bridgehead atoms. The summed E-state index contributed by atoms with van der Waals surface area (Å²) in [5.74, 6) is 0.669. The molecule has 1 heterocycles. The first-order chi connectivity index (χ1) is 8.61. The largest absolute Gasteiger partial charge is 0.328 e. The van der Waals surface area contributed by atoms with Crippen LogP contribution in [-0.4, -0.2) is 24.0 Å². The molecule has 0 aliphatic carbocycles. The fraction of sp³-hybridized carbons (Fsp3) is 0.625. The molecule has 2 N–H and O–H groups in total. The van der Waals surface area contributed by atoms with Gasteiger partial charge in [-0.25, -0.2) is 0 Å². The molecule has 0 saturated carbocycles. The summed E-state index contributed by atoms with van der Waals surface area (Å²) >= 11 is 0. The Balaban J connectivity index is 2.00. The predicted molar refractivity (Wildman–Crippen MR) is 77.6 cm³/mol. The Morgan fingerprint density at radius 2 is 1.94 bits per heavy atom. The molecule has 1 aliphatic rings. The van der Waals surface area contributed by atoms with E-state index in [1.165, 1.54) is 24.1 Å². The van der Waals surface area contributed by atoms with E-state index in [-0.39, 0.29) is 0 Å². The number of benzene rings is 1. The van der Waals surface area contributed by atoms with E-state index < -0.39 is 0 Å². The standard InChI is InChI=1S/C16H26N2/c1-4-14-5-7-15(8-6-14)13(3)18-10-9-16(11-18)12(2)17/h5-8,12-13,16H,4,9-11,17H2,1-3H3. The number of hydrogen-bond donors (Lipinski definition) is 1. The highest BCUT2D eigenvalue weighted by Gasteiger charge is 2.28. The molecule has 1 aliphatic heterocycles. The van der Waals surface area contributed by atoms with Crippen molar-refractivity contribution in [2.24, 2.45) is 11.7 Å². The quantitative estimate of drug-likeness (QED) is 0.885. The first kappa shape index (κ1) is 13.6. The van der Waals surface area contributed by atoms with Gasteiger partial charge in [-0.15, -0.1) is 0 Å². The summed E-state index contributed by atoms with van der Waals surface area (Å²) in [6.45, 7) is 8.97. The monoisotopic (exact) mass is 246 g/mol. The van der Waals surface area contributed by atoms with Gasteiger partial charge >= 0.3 is 0 Å². The lowest BCUT2D eigenvalue weighted by Crippen LogP contribution is -2.30. The lowest BCUT2D eigenvalue weighted by Gasteiger charge is -2.25. The Morgan fingerprint density at radius 1 is 1.28 bits per heavy atom. The maximum absolute atomic E-state index is 6.01. The van der Waals surface area contributed by atoms with E-state index in [1.54, 1.807) is 0 Å². The maximum atomic E-state index is 6.01. The molecule has 0 spiro atoms. The lowest BCUT2D eigenvalue weighted by atomic mass is 10.0. The van der Waals surface area contributed by atoms with Crippen molar-refractivity contribution >= 4 is 0 Å². The van der Waals surface area contributed by atoms with Crippen LogP contribution >= 0.6 is 0 Å². The van der Waals surface area contributed by atoms with Crippen LogP contribution in [0.15, 0.2) is 24.3 Å². The van der Waals surface area contributed by atoms with Gasteiger partial charge in [-0.05, 0) is 50.3 Å². The molecular weight excluding hydrogens is 220 g/mol. The van der Waals surface area contributed by atoms with Crippen molar-refractivity contribution in [2.75, 3.05) is 13.1 Å². The highest BCUT2D eigenvalue weighted by molar-refractivity contribution is 5.24. The molecule has 1 saturated heterocycles. The van der Waals surface area contributed by atoms with Crippen LogP contribution in [0.2, 0.25) is 0 Å². The normalized spacial score (nSPS) is 24.1. The average Bonchev–Trinajstić information content (AvgIpc) is 2.88. The highest BCUT2D eigenvalue weighted by atomic mass is 15.2. The third kappa shape index (κ3) is 2.93. The molecule has 100 valence electrons. The van der Waals surface area contributed by atoms with Crippen molar-refractivity contribution in [3.05, 3.63) is 35.4 Å². The van der Waals surface area contributed by atoms with Crippen LogP contribution < -0.4 is 5.73 Å². The number of nitrogens with two attached hydrogens (primary N) is 1. The number of hydrogen-bond acceptors (Lipinski definition) is 2. The zero-order valence-corrected chi connectivity index (χ0v) is 11.9. The molecule has 0 amide bonds. The zero-order chi connectivity index (χ0) is 13.1. The van der Waals surface area contributed by atoms with Crippen LogP contribution in [0, 0.1) is 5.92 Å². The number of rotatable bonds is 4. The zero-order valence-electron chi connectivity index (χ0n) is 11.9. The summed E-state index contributed by atoms with van der Waals surface area (Å²) in [4.78, 5) is 2.56. The maximum Gasteiger partial charge on any atom is 0.0320 e. The molecule has 1 fully saturated rings. The highest BCUT2D eigenvalue weighted by Crippen LogP contribution is 2.28. The van der Waals surface area contributed by atoms with E-state index in [4.69, 9.17) is 5.73 Å². The minimum atomic E-state index is 0.324. The van der Waals surface area contributed by atoms with Gasteiger partial charge < -0.3 is 5.73 Å². The molecule has 1 aromatic rings. The summed E-state index contributed by atoms with van der Waals surface area (Å²) in [6, 6.07) is 9.91. The van der Waals surface area contributed by atoms with Crippen LogP contribution in [0.4, 0.5) is 0 Å². The first-order valence-electron chi connectivity index (χ1n) is 7.20. The molecule has 2 heteroatoms. The van der Waals surface area contributed by atoms with Crippen LogP contribution in [0.5, 0.6) is 0 Å². The van der Waals surface area contributed by atoms with Crippen LogP contribution in [0.1, 0.15) is 44.4 Å². The van der Waals surface area contributed by atoms with Gasteiger partial charge in [0.25, 0.3) is 0 Å². The van der Waals surface area contributed by atoms with Gasteiger partial charge in [0.1, 0.15) is 0 Å². The van der Waals surface area contributed by atoms with E-state index in [0.29, 0.717) is 18.0 Å². The average molecular weight is 246 g/mol. The van der Waals surface area contributed by atoms with Gasteiger partial charge in [0.05, 0.1) is 0 Å². The SMILES string of the molecule is CCc1ccc(C(C)N2CCC(C(C)N)C2)cc1. The number of nitrogens with zero attached hydrogens (tertiary/aromatic N) is 1. The molecule has 18 heavy (non-hydrogen) atoms. The molecule has 3 unspecified atom stereocenters. The van der Waals surface area contributed by atoms with E-state index in [0.717, 1.165) is 13.0 Å². The van der Waals surface area contributed by atoms with Crippen molar-refractivity contribution in [1.82, 2.24) is 4.90 Å². The van der Waals surface area contributed by atoms with Gasteiger partial charge in [0, 0.05) is 18.6 Å². The smallest absolute Gasteiger partial charge is 0.0320 e. The van der Waals surface area contributed by atoms with Crippen molar-refractivity contribution in [1.29, 1.82) is 0 Å². The van der Waals surface area contributed by atoms with Crippen molar-refractivity contribution in [3.63, 3.8) is 0 Å². The van der Waals surface area contributed by atoms with Gasteiger partial charge in [-0.3, -0.25) is 4.90 Å². The van der Waals surface area contributed by atoms with Crippen LogP contribution in [-0.2, 0) is 6.42 Å². The minimum Gasteiger partial charge on any atom is -0.328 e. The van der Waals surface area contributed by atoms with E-state index in [1.807, 2.05) is 0 Å². The first-order valence-corrected chi connectivity index (χ1v) is 7.20. The second kappa shape index (κ2) is 5.85. The lowest BCUT2D eigenvalue weighted by molar-refractivity contribution is 0.248. The van der Waals surface area contributed by atoms with Crippen molar-refractivity contribution < 1.29 is 0 Å². The minimum absolute atomic E-state index is 0.324. The van der Waals surface area contributed by atoms with Crippen LogP contribution in [0.25, 0.3) is 0 Å². The molecular formula is C16H26N2. The Labute approximate surface area is 111 Å². The Bertz CT molecular complexity index is 369. The Hall–Kier alpha value is -0.860. The third-order valence-electron chi connectivity index (χ3n) is 4.42. The van der Waals surface area contributed by atoms with E-state index in [9.17, 15) is 0 Å². The molecule has 2 nitrogen and oxygen atoms in total. The van der Waals surface area contributed by atoms with Gasteiger partial charge in [0.2, 0.25) is 0 Å². The molecule has 0 radical (unpaired) electrons. The summed E-state index contributed by atoms with van der Waals surface area (Å²) < 4.78 is 0. The Kier molecular flexibility index (Phi) is 4.41. The van der Waals surface area contributed by atoms with Crippen LogP contribution in [0.3, 0.4) is 0 Å². The summed E-state index contributed by atoms with van der Waals surface area (Å²) in [5, 5.41) is 0. The summed E-state index contributed by atoms with van der Waals surface area (Å²) in [5.41, 5.74) is 8.86. The number of aryl methyl sites for hydroxylation is 1. The number of likely N-dealkylation sites (tertiary alicyclic amines) is 1. The molecule has 0 aromatic heterocycles. The van der Waals surface area contributed by atoms with E-state index >= 15 is 0 Å². The molecule has 3 atom stereocenters. The van der Waals surface area contributed by atoms with Crippen molar-refractivity contribution in [2.45, 2.75) is 45.7 Å². The fourth-order valence-electron chi connectivity index (χ4n) is 2.84. The van der Waals surface area contributed by atoms with Gasteiger partial charge in [-0.1, -0.05) is 31.2 Å². The summed E-state index contributed by atoms with van der Waals surface area (Å²) in [6.07, 6.45) is 2.36. The second-order valence-electron chi connectivity index (χ2n) is 5.67. The topological polar surface area (TPSA) is 29.3 Å². The molecule has 1 aromatic carbocycles. The molecule has 2 rings (SSSR count). The Morgan fingerprint density at radius 3 is 2.44 bits per heavy atom. The predicted octanol–water partition coefficient (Wildman–Crippen LogP) is 2.98. The van der Waals surface area contributed by atoms with Gasteiger partial charge in [0.15, 0.2) is 0 Å². The van der Waals surface area contributed by atoms with Crippen molar-refractivity contribution in [3.8, 4) is 0 Å². The second-order valence-corrected chi connectivity index (χ2v) is 5.67. The fourth-order valence-corrected chi connectivity index (χ4v) is 2.84. The van der Waals surface area contributed by atoms with Gasteiger partial charge in [-0.2, -0.15) is 0 Å². The third-order valence-corrected chi connectivity index (χ3v) is 4.42.